The fourth-order valence-corrected chi connectivity index (χ4v) is 6.92. The van der Waals surface area contributed by atoms with Crippen molar-refractivity contribution in [3.8, 4) is 34.5 Å². The number of hydrogen-bond acceptors (Lipinski definition) is 9. The molecule has 0 radical (unpaired) electrons. The first-order valence-corrected chi connectivity index (χ1v) is 21.8. The zero-order valence-corrected chi connectivity index (χ0v) is 35.9. The van der Waals surface area contributed by atoms with Crippen molar-refractivity contribution < 1.29 is 45.6 Å². The SMILES string of the molecule is CCCCCCCCCc1cc(O)ccc1Oc1cccc(S(=O)(=O)O)c1.CCCCCCCCCc1cc([O-])ccc1Oc1cccc(S(=O)(=O)[O-])c1.[Ca+2]. The van der Waals surface area contributed by atoms with Crippen LogP contribution in [0.2, 0.25) is 0 Å². The summed E-state index contributed by atoms with van der Waals surface area (Å²) < 4.78 is 76.8. The van der Waals surface area contributed by atoms with Gasteiger partial charge in [0.05, 0.1) is 9.79 Å². The average molecular weight is 823 g/mol. The molecular formula is C42H54CaO10S2. The number of phenolic OH excluding ortho intramolecular Hbond substituents is 1. The molecule has 0 atom stereocenters. The third-order valence-corrected chi connectivity index (χ3v) is 10.5. The molecule has 55 heavy (non-hydrogen) atoms. The topological polar surface area (TPSA) is 173 Å². The van der Waals surface area contributed by atoms with Crippen LogP contribution < -0.4 is 14.6 Å². The summed E-state index contributed by atoms with van der Waals surface area (Å²) in [5.74, 6) is 1.75. The number of unbranched alkanes of at least 4 members (excludes halogenated alkanes) is 12. The molecule has 13 heteroatoms. The van der Waals surface area contributed by atoms with Crippen LogP contribution in [0.5, 0.6) is 34.5 Å². The molecule has 4 aromatic rings. The van der Waals surface area contributed by atoms with Crippen LogP contribution in [-0.4, -0.2) is 68.8 Å². The monoisotopic (exact) mass is 822 g/mol. The Bertz CT molecular complexity index is 1810. The van der Waals surface area contributed by atoms with Gasteiger partial charge in [0.25, 0.3) is 10.1 Å². The van der Waals surface area contributed by atoms with Gasteiger partial charge in [-0.1, -0.05) is 115 Å². The Hall–Kier alpha value is -2.84. The number of aryl methyl sites for hydroxylation is 2. The standard InChI is InChI=1S/2C21H28O5S.Ca/c2*1-2-3-4-5-6-7-8-10-17-15-18(22)13-14-21(17)26-19-11-9-12-20(16-19)27(23,24)25;/h2*9,11-16,22H,2-8,10H2,1H3,(H,23,24,25);/q;;+2/p-2. The fraction of sp³-hybridized carbons (Fsp3) is 0.429. The first-order chi connectivity index (χ1) is 25.8. The van der Waals surface area contributed by atoms with E-state index in [0.29, 0.717) is 17.2 Å². The van der Waals surface area contributed by atoms with Crippen LogP contribution in [0.3, 0.4) is 0 Å². The largest absolute Gasteiger partial charge is 2.00 e. The molecule has 0 spiro atoms. The van der Waals surface area contributed by atoms with Crippen LogP contribution in [0, 0.1) is 0 Å². The summed E-state index contributed by atoms with van der Waals surface area (Å²) in [5, 5.41) is 21.5. The zero-order chi connectivity index (χ0) is 39.4. The van der Waals surface area contributed by atoms with E-state index < -0.39 is 20.2 Å². The van der Waals surface area contributed by atoms with Crippen molar-refractivity contribution in [1.29, 1.82) is 0 Å². The predicted octanol–water partition coefficient (Wildman–Crippen LogP) is 10.1. The van der Waals surface area contributed by atoms with Crippen molar-refractivity contribution in [3.05, 3.63) is 96.1 Å². The molecule has 0 amide bonds. The number of hydrogen-bond donors (Lipinski definition) is 2. The van der Waals surface area contributed by atoms with Gasteiger partial charge in [-0.15, -0.1) is 5.75 Å². The van der Waals surface area contributed by atoms with Gasteiger partial charge in [0.15, 0.2) is 0 Å². The molecule has 2 N–H and O–H groups in total. The molecule has 0 aliphatic rings. The Morgan fingerprint density at radius 3 is 1.49 bits per heavy atom. The van der Waals surface area contributed by atoms with E-state index in [0.717, 1.165) is 49.7 Å². The Morgan fingerprint density at radius 2 is 1.00 bits per heavy atom. The van der Waals surface area contributed by atoms with Gasteiger partial charge in [-0.3, -0.25) is 4.55 Å². The molecule has 0 unspecified atom stereocenters. The zero-order valence-electron chi connectivity index (χ0n) is 32.1. The quantitative estimate of drug-likeness (QED) is 0.0441. The molecule has 0 heterocycles. The second-order valence-electron chi connectivity index (χ2n) is 13.4. The molecule has 0 saturated heterocycles. The van der Waals surface area contributed by atoms with Crippen LogP contribution >= 0.6 is 0 Å². The Morgan fingerprint density at radius 1 is 0.564 bits per heavy atom. The van der Waals surface area contributed by atoms with Crippen LogP contribution in [0.15, 0.2) is 94.7 Å². The fourth-order valence-electron chi connectivity index (χ4n) is 5.90. The van der Waals surface area contributed by atoms with Crippen molar-refractivity contribution in [2.24, 2.45) is 0 Å². The summed E-state index contributed by atoms with van der Waals surface area (Å²) >= 11 is 0. The van der Waals surface area contributed by atoms with Crippen molar-refractivity contribution >= 4 is 58.0 Å². The maximum Gasteiger partial charge on any atom is 2.00 e. The van der Waals surface area contributed by atoms with E-state index in [9.17, 15) is 36.2 Å². The Kier molecular flexibility index (Phi) is 22.3. The van der Waals surface area contributed by atoms with E-state index in [-0.39, 0.29) is 64.8 Å². The minimum Gasteiger partial charge on any atom is -0.872 e. The maximum absolute atomic E-state index is 11.7. The van der Waals surface area contributed by atoms with E-state index in [1.54, 1.807) is 36.4 Å². The van der Waals surface area contributed by atoms with E-state index in [2.05, 4.69) is 13.8 Å². The first-order valence-electron chi connectivity index (χ1n) is 18.9. The van der Waals surface area contributed by atoms with Crippen molar-refractivity contribution in [3.63, 3.8) is 0 Å². The van der Waals surface area contributed by atoms with Gasteiger partial charge < -0.3 is 24.2 Å². The van der Waals surface area contributed by atoms with Crippen molar-refractivity contribution in [2.45, 2.75) is 126 Å². The second-order valence-corrected chi connectivity index (χ2v) is 16.2. The maximum atomic E-state index is 11.7. The molecule has 296 valence electrons. The van der Waals surface area contributed by atoms with Crippen LogP contribution in [0.25, 0.3) is 0 Å². The molecule has 0 fully saturated rings. The summed E-state index contributed by atoms with van der Waals surface area (Å²) in [4.78, 5) is -0.554. The normalized spacial score (nSPS) is 11.3. The number of aromatic hydroxyl groups is 1. The molecule has 0 aliphatic heterocycles. The summed E-state index contributed by atoms with van der Waals surface area (Å²) in [6, 6.07) is 20.6. The summed E-state index contributed by atoms with van der Waals surface area (Å²) in [6.45, 7) is 4.40. The minimum atomic E-state index is -4.54. The molecule has 0 aromatic heterocycles. The second kappa shape index (κ2) is 25.4. The summed E-state index contributed by atoms with van der Waals surface area (Å²) in [5.41, 5.74) is 1.67. The molecule has 10 nitrogen and oxygen atoms in total. The van der Waals surface area contributed by atoms with E-state index in [4.69, 9.17) is 9.47 Å². The molecular weight excluding hydrogens is 769 g/mol. The third-order valence-electron chi connectivity index (χ3n) is 8.83. The summed E-state index contributed by atoms with van der Waals surface area (Å²) in [6.07, 6.45) is 18.1. The minimum absolute atomic E-state index is 0. The summed E-state index contributed by atoms with van der Waals surface area (Å²) in [7, 11) is -8.82. The molecule has 0 aliphatic carbocycles. The van der Waals surface area contributed by atoms with Crippen molar-refractivity contribution in [1.82, 2.24) is 0 Å². The van der Waals surface area contributed by atoms with Gasteiger partial charge in [-0.05, 0) is 91.4 Å². The first kappa shape index (κ1) is 48.3. The Balaban J connectivity index is 0.000000373. The van der Waals surface area contributed by atoms with Gasteiger partial charge >= 0.3 is 37.7 Å². The van der Waals surface area contributed by atoms with Gasteiger partial charge in [0.1, 0.15) is 38.9 Å². The number of ether oxygens (including phenoxy) is 2. The third kappa shape index (κ3) is 18.8. The van der Waals surface area contributed by atoms with Gasteiger partial charge in [-0.25, -0.2) is 8.42 Å². The number of rotatable bonds is 22. The van der Waals surface area contributed by atoms with Gasteiger partial charge in [0.2, 0.25) is 0 Å². The van der Waals surface area contributed by atoms with E-state index in [1.807, 2.05) is 0 Å². The van der Waals surface area contributed by atoms with Gasteiger partial charge in [-0.2, -0.15) is 8.42 Å². The number of benzene rings is 4. The smallest absolute Gasteiger partial charge is 0.872 e. The Labute approximate surface area is 357 Å². The number of phenols is 1. The van der Waals surface area contributed by atoms with E-state index >= 15 is 0 Å². The molecule has 0 bridgehead atoms. The molecule has 0 saturated carbocycles. The van der Waals surface area contributed by atoms with Crippen LogP contribution in [-0.2, 0) is 33.1 Å². The van der Waals surface area contributed by atoms with Gasteiger partial charge in [0, 0.05) is 6.07 Å². The molecule has 4 rings (SSSR count). The molecule has 4 aromatic carbocycles. The predicted molar refractivity (Wildman–Crippen MR) is 214 cm³/mol. The van der Waals surface area contributed by atoms with Crippen molar-refractivity contribution in [2.75, 3.05) is 0 Å². The average Bonchev–Trinajstić information content (AvgIpc) is 3.13. The van der Waals surface area contributed by atoms with E-state index in [1.165, 1.54) is 113 Å². The van der Waals surface area contributed by atoms with Crippen LogP contribution in [0.4, 0.5) is 0 Å². The van der Waals surface area contributed by atoms with Crippen LogP contribution in [0.1, 0.15) is 115 Å².